The molecule has 2 N–H and O–H groups in total. The van der Waals surface area contributed by atoms with Gasteiger partial charge in [0, 0.05) is 6.42 Å². The Kier molecular flexibility index (Phi) is 12.9. The fourth-order valence-corrected chi connectivity index (χ4v) is 3.64. The van der Waals surface area contributed by atoms with Crippen LogP contribution in [-0.2, 0) is 13.0 Å². The van der Waals surface area contributed by atoms with Crippen LogP contribution >= 0.6 is 0 Å². The Bertz CT molecular complexity index is 627. The molecule has 1 aromatic heterocycles. The van der Waals surface area contributed by atoms with Gasteiger partial charge in [-0.1, -0.05) is 95.5 Å². The van der Waals surface area contributed by atoms with Crippen molar-refractivity contribution in [3.8, 4) is 0 Å². The molecule has 1 atom stereocenters. The molecule has 158 valence electrons. The number of rotatable bonds is 14. The van der Waals surface area contributed by atoms with Crippen molar-refractivity contribution in [2.45, 2.75) is 97.1 Å². The van der Waals surface area contributed by atoms with Crippen molar-refractivity contribution in [1.29, 1.82) is 0 Å². The highest BCUT2D eigenvalue weighted by Gasteiger charge is 2.20. The summed E-state index contributed by atoms with van der Waals surface area (Å²) >= 11 is 0. The number of aliphatic hydroxyl groups excluding tert-OH is 1. The molecule has 3 nitrogen and oxygen atoms in total. The van der Waals surface area contributed by atoms with E-state index in [1.807, 2.05) is 6.92 Å². The smallest absolute Gasteiger partial charge is 0.254 e. The lowest BCUT2D eigenvalue weighted by molar-refractivity contribution is -0.694. The molecule has 0 aliphatic heterocycles. The molecule has 0 saturated carbocycles. The summed E-state index contributed by atoms with van der Waals surface area (Å²) in [6.07, 6.45) is 15.6. The first-order valence-electron chi connectivity index (χ1n) is 11.1. The minimum absolute atomic E-state index is 0. The summed E-state index contributed by atoms with van der Waals surface area (Å²) < 4.78 is 2.29. The third kappa shape index (κ3) is 8.79. The Balaban J connectivity index is 0.00000392. The molecule has 0 saturated heterocycles. The first-order valence-corrected chi connectivity index (χ1v) is 11.1. The molecule has 0 aliphatic carbocycles. The predicted molar refractivity (Wildman–Crippen MR) is 113 cm³/mol. The minimum Gasteiger partial charge on any atom is -1.00 e. The van der Waals surface area contributed by atoms with E-state index in [4.69, 9.17) is 0 Å². The average molecular weight is 407 g/mol. The van der Waals surface area contributed by atoms with E-state index in [1.165, 1.54) is 69.2 Å². The van der Waals surface area contributed by atoms with Crippen LogP contribution in [0.25, 0.3) is 0 Å². The molecule has 1 heterocycles. The van der Waals surface area contributed by atoms with Gasteiger partial charge in [0.25, 0.3) is 5.82 Å². The number of hydrogen-bond donors (Lipinski definition) is 2. The van der Waals surface area contributed by atoms with Gasteiger partial charge in [-0.3, -0.25) is 0 Å². The second-order valence-electron chi connectivity index (χ2n) is 7.77. The first-order chi connectivity index (χ1) is 13.2. The highest BCUT2D eigenvalue weighted by atomic mass is 35.5. The summed E-state index contributed by atoms with van der Waals surface area (Å²) in [5.74, 6) is 1.24. The molecule has 0 spiro atoms. The van der Waals surface area contributed by atoms with Crippen LogP contribution in [0.4, 0.5) is 0 Å². The zero-order valence-electron chi connectivity index (χ0n) is 17.8. The quantitative estimate of drug-likeness (QED) is 0.367. The van der Waals surface area contributed by atoms with Crippen molar-refractivity contribution >= 4 is 0 Å². The second-order valence-corrected chi connectivity index (χ2v) is 7.77. The minimum atomic E-state index is -0.399. The number of benzene rings is 1. The van der Waals surface area contributed by atoms with Crippen molar-refractivity contribution in [2.24, 2.45) is 0 Å². The molecule has 2 aromatic rings. The van der Waals surface area contributed by atoms with Gasteiger partial charge in [-0.25, -0.2) is 9.55 Å². The summed E-state index contributed by atoms with van der Waals surface area (Å²) in [4.78, 5) is 3.49. The Morgan fingerprint density at radius 2 is 1.50 bits per heavy atom. The Hall–Kier alpha value is -1.32. The first kappa shape index (κ1) is 24.7. The fraction of sp³-hybridized carbons (Fsp3) is 0.625. The van der Waals surface area contributed by atoms with E-state index in [1.54, 1.807) is 0 Å². The van der Waals surface area contributed by atoms with Crippen molar-refractivity contribution in [3.63, 3.8) is 0 Å². The van der Waals surface area contributed by atoms with Crippen LogP contribution < -0.4 is 17.0 Å². The number of aromatic amines is 1. The van der Waals surface area contributed by atoms with Gasteiger partial charge in [-0.15, -0.1) is 0 Å². The number of aromatic nitrogens is 2. The number of hydrogen-bond acceptors (Lipinski definition) is 1. The van der Waals surface area contributed by atoms with Gasteiger partial charge < -0.3 is 17.5 Å². The fourth-order valence-electron chi connectivity index (χ4n) is 3.64. The highest BCUT2D eigenvalue weighted by molar-refractivity contribution is 5.13. The van der Waals surface area contributed by atoms with Crippen LogP contribution in [0.5, 0.6) is 0 Å². The number of unbranched alkanes of at least 4 members (excludes halogenated alkanes) is 8. The number of halogens is 1. The maximum Gasteiger partial charge on any atom is 0.254 e. The maximum atomic E-state index is 10.2. The maximum absolute atomic E-state index is 10.2. The largest absolute Gasteiger partial charge is 1.00 e. The van der Waals surface area contributed by atoms with Crippen molar-refractivity contribution in [2.75, 3.05) is 0 Å². The van der Waals surface area contributed by atoms with Crippen molar-refractivity contribution in [1.82, 2.24) is 4.98 Å². The third-order valence-corrected chi connectivity index (χ3v) is 5.39. The van der Waals surface area contributed by atoms with Crippen LogP contribution in [0.2, 0.25) is 0 Å². The number of nitrogens with one attached hydrogen (secondary N) is 1. The summed E-state index contributed by atoms with van der Waals surface area (Å²) in [6.45, 7) is 5.16. The summed E-state index contributed by atoms with van der Waals surface area (Å²) in [5.41, 5.74) is 2.24. The van der Waals surface area contributed by atoms with E-state index in [-0.39, 0.29) is 12.4 Å². The topological polar surface area (TPSA) is 39.9 Å². The van der Waals surface area contributed by atoms with E-state index >= 15 is 0 Å². The molecule has 28 heavy (non-hydrogen) atoms. The standard InChI is InChI=1S/C24H38N2O.ClH/c1-3-5-6-7-8-9-10-11-15-18-24-25-22(23(27)4-2)20-26(24)19-21-16-13-12-14-17-21;/h12-14,16-17,20,23,27H,3-11,15,18-19H2,1-2H3;1H. The number of aryl methyl sites for hydroxylation is 1. The van der Waals surface area contributed by atoms with E-state index in [9.17, 15) is 5.11 Å². The third-order valence-electron chi connectivity index (χ3n) is 5.39. The monoisotopic (exact) mass is 406 g/mol. The molecule has 0 radical (unpaired) electrons. The SMILES string of the molecule is CCCCCCCCCCCc1[nH]c(C(O)CC)c[n+]1Cc1ccccc1.[Cl-]. The van der Waals surface area contributed by atoms with E-state index in [0.717, 1.165) is 25.1 Å². The normalized spacial score (nSPS) is 12.0. The van der Waals surface area contributed by atoms with Crippen LogP contribution in [-0.4, -0.2) is 10.1 Å². The average Bonchev–Trinajstić information content (AvgIpc) is 3.09. The highest BCUT2D eigenvalue weighted by Crippen LogP contribution is 2.15. The van der Waals surface area contributed by atoms with Gasteiger partial charge in [0.1, 0.15) is 18.8 Å². The number of H-pyrrole nitrogens is 1. The molecule has 1 unspecified atom stereocenters. The van der Waals surface area contributed by atoms with Crippen molar-refractivity contribution < 1.29 is 22.1 Å². The van der Waals surface area contributed by atoms with E-state index in [0.29, 0.717) is 0 Å². The number of aliphatic hydroxyl groups is 1. The second kappa shape index (κ2) is 14.6. The predicted octanol–water partition coefficient (Wildman–Crippen LogP) is 2.87. The molecule has 0 amide bonds. The van der Waals surface area contributed by atoms with Gasteiger partial charge in [0.15, 0.2) is 5.69 Å². The van der Waals surface area contributed by atoms with Crippen LogP contribution in [0, 0.1) is 0 Å². The molecule has 0 fully saturated rings. The number of nitrogens with zero attached hydrogens (tertiary/aromatic N) is 1. The summed E-state index contributed by atoms with van der Waals surface area (Å²) in [7, 11) is 0. The van der Waals surface area contributed by atoms with Gasteiger partial charge >= 0.3 is 0 Å². The molecule has 0 bridgehead atoms. The van der Waals surface area contributed by atoms with Crippen LogP contribution in [0.15, 0.2) is 36.5 Å². The number of imidazole rings is 1. The molecular formula is C24H39ClN2O. The molecular weight excluding hydrogens is 368 g/mol. The van der Waals surface area contributed by atoms with E-state index < -0.39 is 6.10 Å². The van der Waals surface area contributed by atoms with Gasteiger partial charge in [-0.05, 0) is 18.4 Å². The van der Waals surface area contributed by atoms with Gasteiger partial charge in [0.2, 0.25) is 0 Å². The van der Waals surface area contributed by atoms with Crippen molar-refractivity contribution in [3.05, 3.63) is 53.6 Å². The molecule has 1 aromatic carbocycles. The Morgan fingerprint density at radius 3 is 2.11 bits per heavy atom. The molecule has 0 aliphatic rings. The Morgan fingerprint density at radius 1 is 0.893 bits per heavy atom. The molecule has 4 heteroatoms. The lowest BCUT2D eigenvalue weighted by Gasteiger charge is -2.03. The van der Waals surface area contributed by atoms with Crippen LogP contribution in [0.3, 0.4) is 0 Å². The van der Waals surface area contributed by atoms with E-state index in [2.05, 4.69) is 53.0 Å². The lowest BCUT2D eigenvalue weighted by Crippen LogP contribution is -3.00. The Labute approximate surface area is 178 Å². The lowest BCUT2D eigenvalue weighted by atomic mass is 10.1. The summed E-state index contributed by atoms with van der Waals surface area (Å²) in [6, 6.07) is 10.6. The van der Waals surface area contributed by atoms with Gasteiger partial charge in [0.05, 0.1) is 0 Å². The molecule has 2 rings (SSSR count). The van der Waals surface area contributed by atoms with Gasteiger partial charge in [-0.2, -0.15) is 0 Å². The van der Waals surface area contributed by atoms with Crippen LogP contribution in [0.1, 0.15) is 101 Å². The summed E-state index contributed by atoms with van der Waals surface area (Å²) in [5, 5.41) is 10.2. The zero-order valence-corrected chi connectivity index (χ0v) is 18.6. The zero-order chi connectivity index (χ0) is 19.3.